The van der Waals surface area contributed by atoms with Gasteiger partial charge in [0.2, 0.25) is 10.0 Å². The van der Waals surface area contributed by atoms with Crippen molar-refractivity contribution < 1.29 is 8.42 Å². The predicted molar refractivity (Wildman–Crippen MR) is 113 cm³/mol. The first kappa shape index (κ1) is 20.2. The lowest BCUT2D eigenvalue weighted by atomic mass is 10.1. The molecule has 0 aliphatic carbocycles. The molecule has 4 aromatic rings. The summed E-state index contributed by atoms with van der Waals surface area (Å²) in [4.78, 5) is 0.0756. The quantitative estimate of drug-likeness (QED) is 0.480. The smallest absolute Gasteiger partial charge is 0.238 e. The van der Waals surface area contributed by atoms with Gasteiger partial charge < -0.3 is 5.73 Å². The monoisotopic (exact) mass is 378 g/mol. The molecule has 0 fully saturated rings. The van der Waals surface area contributed by atoms with Crippen LogP contribution in [-0.2, 0) is 10.0 Å². The molecule has 0 bridgehead atoms. The van der Waals surface area contributed by atoms with Crippen molar-refractivity contribution in [3.63, 3.8) is 0 Å². The first-order chi connectivity index (χ1) is 13.0. The van der Waals surface area contributed by atoms with Crippen LogP contribution in [-0.4, -0.2) is 8.42 Å². The van der Waals surface area contributed by atoms with Gasteiger partial charge in [0.15, 0.2) is 0 Å². The molecule has 0 radical (unpaired) electrons. The SMILES string of the molecule is Nc1ccc(S(N)(=O)=O)cc1.c1ccc2ccccc2c1.c1ccccc1. The maximum absolute atomic E-state index is 10.7. The van der Waals surface area contributed by atoms with Gasteiger partial charge in [-0.05, 0) is 35.0 Å². The second kappa shape index (κ2) is 10.1. The van der Waals surface area contributed by atoms with Gasteiger partial charge in [0, 0.05) is 5.69 Å². The van der Waals surface area contributed by atoms with Gasteiger partial charge in [-0.3, -0.25) is 0 Å². The Morgan fingerprint density at radius 1 is 0.519 bits per heavy atom. The molecular weight excluding hydrogens is 356 g/mol. The van der Waals surface area contributed by atoms with E-state index in [2.05, 4.69) is 48.5 Å². The Labute approximate surface area is 160 Å². The van der Waals surface area contributed by atoms with E-state index < -0.39 is 10.0 Å². The first-order valence-corrected chi connectivity index (χ1v) is 9.83. The van der Waals surface area contributed by atoms with Crippen LogP contribution in [0.15, 0.2) is 114 Å². The maximum Gasteiger partial charge on any atom is 0.238 e. The van der Waals surface area contributed by atoms with E-state index in [9.17, 15) is 8.42 Å². The van der Waals surface area contributed by atoms with Gasteiger partial charge in [0.25, 0.3) is 0 Å². The molecule has 0 unspecified atom stereocenters. The highest BCUT2D eigenvalue weighted by molar-refractivity contribution is 7.89. The topological polar surface area (TPSA) is 86.2 Å². The van der Waals surface area contributed by atoms with E-state index in [1.165, 1.54) is 35.0 Å². The number of rotatable bonds is 1. The van der Waals surface area contributed by atoms with Crippen molar-refractivity contribution in [2.75, 3.05) is 5.73 Å². The fourth-order valence-electron chi connectivity index (χ4n) is 2.18. The lowest BCUT2D eigenvalue weighted by molar-refractivity contribution is 0.598. The van der Waals surface area contributed by atoms with Crippen molar-refractivity contribution in [1.29, 1.82) is 0 Å². The summed E-state index contributed by atoms with van der Waals surface area (Å²) in [6.45, 7) is 0. The number of anilines is 1. The average molecular weight is 378 g/mol. The third-order valence-electron chi connectivity index (χ3n) is 3.53. The van der Waals surface area contributed by atoms with Gasteiger partial charge in [0.05, 0.1) is 4.90 Å². The number of benzene rings is 4. The Morgan fingerprint density at radius 2 is 0.852 bits per heavy atom. The summed E-state index contributed by atoms with van der Waals surface area (Å²) in [5, 5.41) is 7.46. The van der Waals surface area contributed by atoms with Crippen molar-refractivity contribution in [3.8, 4) is 0 Å². The molecule has 4 rings (SSSR count). The average Bonchev–Trinajstić information content (AvgIpc) is 2.70. The summed E-state index contributed by atoms with van der Waals surface area (Å²) in [5.41, 5.74) is 5.85. The summed E-state index contributed by atoms with van der Waals surface area (Å²) in [5.74, 6) is 0. The predicted octanol–water partition coefficient (Wildman–Crippen LogP) is 4.44. The van der Waals surface area contributed by atoms with E-state index in [1.807, 2.05) is 36.4 Å². The van der Waals surface area contributed by atoms with Gasteiger partial charge >= 0.3 is 0 Å². The highest BCUT2D eigenvalue weighted by Crippen LogP contribution is 2.11. The minimum Gasteiger partial charge on any atom is -0.399 e. The van der Waals surface area contributed by atoms with Crippen molar-refractivity contribution in [2.24, 2.45) is 5.14 Å². The summed E-state index contributed by atoms with van der Waals surface area (Å²) in [6, 6.07) is 34.4. The molecule has 5 heteroatoms. The molecule has 0 spiro atoms. The Morgan fingerprint density at radius 3 is 1.15 bits per heavy atom. The fourth-order valence-corrected chi connectivity index (χ4v) is 2.69. The minimum atomic E-state index is -3.58. The number of sulfonamides is 1. The van der Waals surface area contributed by atoms with Gasteiger partial charge in [-0.15, -0.1) is 0 Å². The molecule has 0 atom stereocenters. The van der Waals surface area contributed by atoms with E-state index in [4.69, 9.17) is 10.9 Å². The standard InChI is InChI=1S/C10H8.C6H8N2O2S.C6H6/c1-2-6-10-8-4-3-7-9(10)5-1;7-5-1-3-6(4-2-5)11(8,9)10;1-2-4-6-5-3-1/h1-8H;1-4H,7H2,(H2,8,9,10);1-6H. The van der Waals surface area contributed by atoms with Crippen LogP contribution in [0.1, 0.15) is 0 Å². The zero-order valence-corrected chi connectivity index (χ0v) is 15.6. The molecule has 4 N–H and O–H groups in total. The van der Waals surface area contributed by atoms with E-state index in [0.717, 1.165) is 0 Å². The second-order valence-corrected chi connectivity index (χ2v) is 7.18. The van der Waals surface area contributed by atoms with Gasteiger partial charge in [-0.25, -0.2) is 13.6 Å². The van der Waals surface area contributed by atoms with Crippen LogP contribution < -0.4 is 10.9 Å². The molecule has 138 valence electrons. The number of hydrogen-bond donors (Lipinski definition) is 2. The molecule has 0 saturated carbocycles. The molecule has 0 heterocycles. The van der Waals surface area contributed by atoms with E-state index in [1.54, 1.807) is 0 Å². The Bertz CT molecular complexity index is 956. The zero-order valence-electron chi connectivity index (χ0n) is 14.8. The normalized spacial score (nSPS) is 10.1. The molecule has 27 heavy (non-hydrogen) atoms. The van der Waals surface area contributed by atoms with Crippen molar-refractivity contribution in [3.05, 3.63) is 109 Å². The van der Waals surface area contributed by atoms with Gasteiger partial charge in [-0.1, -0.05) is 84.9 Å². The largest absolute Gasteiger partial charge is 0.399 e. The lowest BCUT2D eigenvalue weighted by Gasteiger charge is -1.96. The Hall–Kier alpha value is -3.15. The van der Waals surface area contributed by atoms with E-state index >= 15 is 0 Å². The first-order valence-electron chi connectivity index (χ1n) is 8.29. The molecule has 4 aromatic carbocycles. The molecule has 0 amide bonds. The summed E-state index contributed by atoms with van der Waals surface area (Å²) in [6.07, 6.45) is 0. The summed E-state index contributed by atoms with van der Waals surface area (Å²) < 4.78 is 21.4. The molecule has 0 saturated heterocycles. The van der Waals surface area contributed by atoms with E-state index in [0.29, 0.717) is 5.69 Å². The molecule has 0 aliphatic rings. The number of nitrogens with two attached hydrogens (primary N) is 2. The van der Waals surface area contributed by atoms with Crippen LogP contribution in [0, 0.1) is 0 Å². The maximum atomic E-state index is 10.7. The van der Waals surface area contributed by atoms with Crippen LogP contribution in [0.3, 0.4) is 0 Å². The van der Waals surface area contributed by atoms with Crippen LogP contribution in [0.4, 0.5) is 5.69 Å². The molecular formula is C22H22N2O2S. The van der Waals surface area contributed by atoms with Crippen LogP contribution in [0.2, 0.25) is 0 Å². The zero-order chi connectivity index (χ0) is 19.5. The number of primary sulfonamides is 1. The number of fused-ring (bicyclic) bond motifs is 1. The van der Waals surface area contributed by atoms with Gasteiger partial charge in [0.1, 0.15) is 0 Å². The lowest BCUT2D eigenvalue weighted by Crippen LogP contribution is -2.11. The van der Waals surface area contributed by atoms with Crippen LogP contribution in [0.5, 0.6) is 0 Å². The Balaban J connectivity index is 0.000000151. The van der Waals surface area contributed by atoms with Crippen LogP contribution in [0.25, 0.3) is 10.8 Å². The highest BCUT2D eigenvalue weighted by Gasteiger charge is 2.04. The minimum absolute atomic E-state index is 0.0756. The molecule has 4 nitrogen and oxygen atoms in total. The fraction of sp³-hybridized carbons (Fsp3) is 0. The summed E-state index contributed by atoms with van der Waals surface area (Å²) >= 11 is 0. The van der Waals surface area contributed by atoms with Gasteiger partial charge in [-0.2, -0.15) is 0 Å². The third-order valence-corrected chi connectivity index (χ3v) is 4.46. The number of nitrogen functional groups attached to an aromatic ring is 1. The van der Waals surface area contributed by atoms with Crippen molar-refractivity contribution in [2.45, 2.75) is 4.90 Å². The van der Waals surface area contributed by atoms with Crippen LogP contribution >= 0.6 is 0 Å². The highest BCUT2D eigenvalue weighted by atomic mass is 32.2. The third kappa shape index (κ3) is 7.32. The number of hydrogen-bond acceptors (Lipinski definition) is 3. The molecule has 0 aliphatic heterocycles. The molecule has 0 aromatic heterocycles. The second-order valence-electron chi connectivity index (χ2n) is 5.62. The van der Waals surface area contributed by atoms with E-state index in [-0.39, 0.29) is 4.90 Å². The van der Waals surface area contributed by atoms with Crippen molar-refractivity contribution >= 4 is 26.5 Å². The Kier molecular flexibility index (Phi) is 7.55. The van der Waals surface area contributed by atoms with Crippen molar-refractivity contribution in [1.82, 2.24) is 0 Å². The summed E-state index contributed by atoms with van der Waals surface area (Å²) in [7, 11) is -3.58.